The summed E-state index contributed by atoms with van der Waals surface area (Å²) in [5.74, 6) is -4.95. The number of amides is 4. The Morgan fingerprint density at radius 3 is 2.00 bits per heavy atom. The topological polar surface area (TPSA) is 251 Å². The summed E-state index contributed by atoms with van der Waals surface area (Å²) in [5.41, 5.74) is 9.14. The van der Waals surface area contributed by atoms with Crippen LogP contribution in [0.3, 0.4) is 0 Å². The van der Waals surface area contributed by atoms with Crippen molar-refractivity contribution in [1.29, 1.82) is 0 Å². The monoisotopic (exact) mass is 563 g/mol. The first-order chi connectivity index (χ1) is 18.9. The standard InChI is InChI=1S/C24H33N7O9/c1-3-31(4-2)21(35)15-11-14(12-16(13-15)29-30-25)20(34)26-10-6-5-7-17(22(36)37)27-24(40)28-18(23(38)39)8-9-19(32)33/h11-13,17-18H,3-10H2,1-2H3,(H,26,34)(H,32,33)(H,36,37)(H,38,39)(H2,27,28,40)/t17-,18?/m0/s1. The summed E-state index contributed by atoms with van der Waals surface area (Å²) < 4.78 is 0. The molecule has 0 aromatic heterocycles. The number of urea groups is 1. The largest absolute Gasteiger partial charge is 0.481 e. The number of benzene rings is 1. The molecular formula is C24H33N7O9. The summed E-state index contributed by atoms with van der Waals surface area (Å²) in [6.07, 6.45) is -0.360. The lowest BCUT2D eigenvalue weighted by Crippen LogP contribution is -2.51. The average molecular weight is 564 g/mol. The first kappa shape index (κ1) is 33.2. The van der Waals surface area contributed by atoms with Gasteiger partial charge in [0.05, 0.1) is 0 Å². The van der Waals surface area contributed by atoms with Gasteiger partial charge in [-0.05, 0) is 63.3 Å². The van der Waals surface area contributed by atoms with Crippen molar-refractivity contribution >= 4 is 41.4 Å². The van der Waals surface area contributed by atoms with Crippen LogP contribution in [0.15, 0.2) is 23.3 Å². The molecule has 0 aliphatic heterocycles. The fourth-order valence-electron chi connectivity index (χ4n) is 3.59. The molecule has 0 spiro atoms. The van der Waals surface area contributed by atoms with Gasteiger partial charge in [-0.25, -0.2) is 14.4 Å². The van der Waals surface area contributed by atoms with Crippen molar-refractivity contribution in [2.75, 3.05) is 19.6 Å². The molecule has 0 aliphatic carbocycles. The quantitative estimate of drug-likeness (QED) is 0.0701. The molecule has 1 aromatic carbocycles. The van der Waals surface area contributed by atoms with Crippen LogP contribution in [0.5, 0.6) is 0 Å². The van der Waals surface area contributed by atoms with Crippen LogP contribution in [0, 0.1) is 0 Å². The lowest BCUT2D eigenvalue weighted by Gasteiger charge is -2.19. The SMILES string of the molecule is CCN(CC)C(=O)c1cc(N=[N+]=[N-])cc(C(=O)NCCCC[C@H](NC(=O)NC(CCC(=O)O)C(=O)O)C(=O)O)c1. The van der Waals surface area contributed by atoms with Gasteiger partial charge in [0, 0.05) is 47.8 Å². The van der Waals surface area contributed by atoms with E-state index in [0.29, 0.717) is 19.5 Å². The van der Waals surface area contributed by atoms with E-state index in [-0.39, 0.29) is 48.5 Å². The van der Waals surface area contributed by atoms with Crippen molar-refractivity contribution in [3.05, 3.63) is 39.8 Å². The van der Waals surface area contributed by atoms with Gasteiger partial charge in [0.1, 0.15) is 12.1 Å². The number of carbonyl (C=O) groups excluding carboxylic acids is 3. The molecule has 0 heterocycles. The number of carboxylic acids is 3. The van der Waals surface area contributed by atoms with E-state index >= 15 is 0 Å². The van der Waals surface area contributed by atoms with E-state index in [4.69, 9.17) is 15.7 Å². The highest BCUT2D eigenvalue weighted by molar-refractivity contribution is 6.01. The molecule has 0 fully saturated rings. The van der Waals surface area contributed by atoms with Crippen LogP contribution in [-0.2, 0) is 14.4 Å². The van der Waals surface area contributed by atoms with Crippen molar-refractivity contribution < 1.29 is 44.1 Å². The number of nitrogens with zero attached hydrogens (tertiary/aromatic N) is 4. The number of aliphatic carboxylic acids is 3. The minimum absolute atomic E-state index is 0.0413. The molecule has 4 amide bonds. The van der Waals surface area contributed by atoms with Crippen LogP contribution in [0.25, 0.3) is 10.4 Å². The average Bonchev–Trinajstić information content (AvgIpc) is 2.90. The van der Waals surface area contributed by atoms with E-state index in [9.17, 15) is 33.9 Å². The maximum atomic E-state index is 12.7. The Hall–Kier alpha value is -4.85. The Labute approximate surface area is 229 Å². The zero-order valence-electron chi connectivity index (χ0n) is 22.1. The summed E-state index contributed by atoms with van der Waals surface area (Å²) in [6.45, 7) is 4.62. The minimum atomic E-state index is -1.51. The molecule has 0 radical (unpaired) electrons. The molecule has 2 atom stereocenters. The fraction of sp³-hybridized carbons (Fsp3) is 0.500. The van der Waals surface area contributed by atoms with Gasteiger partial charge in [-0.3, -0.25) is 14.4 Å². The Morgan fingerprint density at radius 1 is 0.900 bits per heavy atom. The highest BCUT2D eigenvalue weighted by Gasteiger charge is 2.25. The molecule has 0 bridgehead atoms. The molecule has 16 heteroatoms. The number of rotatable bonds is 17. The Bertz CT molecular complexity index is 1150. The van der Waals surface area contributed by atoms with Crippen LogP contribution < -0.4 is 16.0 Å². The Balaban J connectivity index is 2.70. The van der Waals surface area contributed by atoms with Crippen molar-refractivity contribution in [2.24, 2.45) is 5.11 Å². The van der Waals surface area contributed by atoms with Crippen LogP contribution >= 0.6 is 0 Å². The van der Waals surface area contributed by atoms with E-state index in [1.807, 2.05) is 5.32 Å². The molecule has 1 aromatic rings. The summed E-state index contributed by atoms with van der Waals surface area (Å²) >= 11 is 0. The first-order valence-electron chi connectivity index (χ1n) is 12.4. The summed E-state index contributed by atoms with van der Waals surface area (Å²) in [5, 5.41) is 37.5. The molecule has 1 unspecified atom stereocenters. The summed E-state index contributed by atoms with van der Waals surface area (Å²) in [4.78, 5) is 75.1. The lowest BCUT2D eigenvalue weighted by molar-refractivity contribution is -0.140. The number of hydrogen-bond donors (Lipinski definition) is 6. The second kappa shape index (κ2) is 16.9. The molecular weight excluding hydrogens is 530 g/mol. The predicted molar refractivity (Wildman–Crippen MR) is 140 cm³/mol. The van der Waals surface area contributed by atoms with Gasteiger partial charge in [-0.15, -0.1) is 0 Å². The molecule has 0 aliphatic rings. The van der Waals surface area contributed by atoms with Crippen molar-refractivity contribution in [3.63, 3.8) is 0 Å². The molecule has 0 saturated heterocycles. The normalized spacial score (nSPS) is 11.8. The maximum Gasteiger partial charge on any atom is 0.326 e. The maximum absolute atomic E-state index is 12.7. The second-order valence-electron chi connectivity index (χ2n) is 8.52. The van der Waals surface area contributed by atoms with Gasteiger partial charge in [0.15, 0.2) is 0 Å². The molecule has 16 nitrogen and oxygen atoms in total. The van der Waals surface area contributed by atoms with Crippen molar-refractivity contribution in [1.82, 2.24) is 20.9 Å². The molecule has 0 saturated carbocycles. The van der Waals surface area contributed by atoms with Gasteiger partial charge in [0.25, 0.3) is 11.8 Å². The Morgan fingerprint density at radius 2 is 1.48 bits per heavy atom. The predicted octanol–water partition coefficient (Wildman–Crippen LogP) is 2.08. The summed E-state index contributed by atoms with van der Waals surface area (Å²) in [6, 6.07) is 0.152. The van der Waals surface area contributed by atoms with Crippen molar-refractivity contribution in [3.8, 4) is 0 Å². The highest BCUT2D eigenvalue weighted by atomic mass is 16.4. The lowest BCUT2D eigenvalue weighted by atomic mass is 10.1. The molecule has 218 valence electrons. The molecule has 1 rings (SSSR count). The van der Waals surface area contributed by atoms with E-state index in [0.717, 1.165) is 0 Å². The smallest absolute Gasteiger partial charge is 0.326 e. The van der Waals surface area contributed by atoms with Gasteiger partial charge < -0.3 is 36.2 Å². The molecule has 6 N–H and O–H groups in total. The number of hydrogen-bond acceptors (Lipinski definition) is 7. The van der Waals surface area contributed by atoms with E-state index < -0.39 is 48.4 Å². The van der Waals surface area contributed by atoms with E-state index in [1.165, 1.54) is 18.2 Å². The van der Waals surface area contributed by atoms with Crippen LogP contribution in [-0.4, -0.2) is 87.7 Å². The van der Waals surface area contributed by atoms with Crippen LogP contribution in [0.4, 0.5) is 10.5 Å². The third kappa shape index (κ3) is 11.3. The fourth-order valence-corrected chi connectivity index (χ4v) is 3.59. The third-order valence-electron chi connectivity index (χ3n) is 5.70. The van der Waals surface area contributed by atoms with Gasteiger partial charge >= 0.3 is 23.9 Å². The Kier molecular flexibility index (Phi) is 14.0. The van der Waals surface area contributed by atoms with Crippen molar-refractivity contribution in [2.45, 2.75) is 58.0 Å². The third-order valence-corrected chi connectivity index (χ3v) is 5.70. The minimum Gasteiger partial charge on any atom is -0.481 e. The van der Waals surface area contributed by atoms with Gasteiger partial charge in [-0.1, -0.05) is 5.11 Å². The number of unbranched alkanes of at least 4 members (excludes halogenated alkanes) is 1. The highest BCUT2D eigenvalue weighted by Crippen LogP contribution is 2.20. The zero-order valence-corrected chi connectivity index (χ0v) is 22.1. The van der Waals surface area contributed by atoms with E-state index in [2.05, 4.69) is 20.7 Å². The van der Waals surface area contributed by atoms with Crippen LogP contribution in [0.2, 0.25) is 0 Å². The van der Waals surface area contributed by atoms with Crippen LogP contribution in [0.1, 0.15) is 66.7 Å². The number of nitrogens with one attached hydrogen (secondary N) is 3. The summed E-state index contributed by atoms with van der Waals surface area (Å²) in [7, 11) is 0. The molecule has 40 heavy (non-hydrogen) atoms. The second-order valence-corrected chi connectivity index (χ2v) is 8.52. The van der Waals surface area contributed by atoms with E-state index in [1.54, 1.807) is 18.7 Å². The van der Waals surface area contributed by atoms with Gasteiger partial charge in [0.2, 0.25) is 0 Å². The van der Waals surface area contributed by atoms with Gasteiger partial charge in [-0.2, -0.15) is 0 Å². The first-order valence-corrected chi connectivity index (χ1v) is 12.4. The number of carboxylic acid groups (broad SMARTS) is 3. The number of azide groups is 1. The number of carbonyl (C=O) groups is 6. The zero-order chi connectivity index (χ0) is 30.2.